The van der Waals surface area contributed by atoms with E-state index in [0.717, 1.165) is 0 Å². The lowest BCUT2D eigenvalue weighted by Crippen LogP contribution is -2.49. The zero-order valence-electron chi connectivity index (χ0n) is 10.5. The standard InChI is InChI=1S/C15H15NO3/c17-14-9-8-13(12-7-4-10-16(12)14)19-15(18)11-5-2-1-3-6-11/h1-7,12-13H,8-10H2/t12-,13+/m1/s1. The van der Waals surface area contributed by atoms with Crippen LogP contribution in [0.15, 0.2) is 42.5 Å². The summed E-state index contributed by atoms with van der Waals surface area (Å²) in [5.74, 6) is -0.179. The van der Waals surface area contributed by atoms with Gasteiger partial charge in [-0.2, -0.15) is 0 Å². The smallest absolute Gasteiger partial charge is 0.338 e. The van der Waals surface area contributed by atoms with Crippen LogP contribution in [-0.4, -0.2) is 35.5 Å². The largest absolute Gasteiger partial charge is 0.456 e. The third-order valence-electron chi connectivity index (χ3n) is 3.61. The van der Waals surface area contributed by atoms with Crippen molar-refractivity contribution in [3.05, 3.63) is 48.0 Å². The van der Waals surface area contributed by atoms with Crippen molar-refractivity contribution in [3.8, 4) is 0 Å². The van der Waals surface area contributed by atoms with E-state index in [0.29, 0.717) is 24.9 Å². The summed E-state index contributed by atoms with van der Waals surface area (Å²) < 4.78 is 5.56. The van der Waals surface area contributed by atoms with Gasteiger partial charge in [-0.05, 0) is 18.6 Å². The van der Waals surface area contributed by atoms with Crippen LogP contribution in [-0.2, 0) is 9.53 Å². The van der Waals surface area contributed by atoms with Gasteiger partial charge in [-0.1, -0.05) is 30.4 Å². The minimum atomic E-state index is -0.319. The summed E-state index contributed by atoms with van der Waals surface area (Å²) in [6.07, 6.45) is 4.73. The van der Waals surface area contributed by atoms with Crippen LogP contribution < -0.4 is 0 Å². The van der Waals surface area contributed by atoms with E-state index in [-0.39, 0.29) is 24.0 Å². The van der Waals surface area contributed by atoms with Crippen LogP contribution >= 0.6 is 0 Å². The van der Waals surface area contributed by atoms with E-state index in [1.54, 1.807) is 17.0 Å². The molecule has 1 aromatic carbocycles. The van der Waals surface area contributed by atoms with E-state index in [4.69, 9.17) is 4.74 Å². The van der Waals surface area contributed by atoms with Crippen LogP contribution in [0.2, 0.25) is 0 Å². The molecule has 0 aliphatic carbocycles. The van der Waals surface area contributed by atoms with Gasteiger partial charge in [0.15, 0.2) is 0 Å². The van der Waals surface area contributed by atoms with Crippen molar-refractivity contribution in [1.82, 2.24) is 4.90 Å². The van der Waals surface area contributed by atoms with E-state index in [1.807, 2.05) is 30.4 Å². The van der Waals surface area contributed by atoms with Crippen LogP contribution in [0.5, 0.6) is 0 Å². The summed E-state index contributed by atoms with van der Waals surface area (Å²) in [6, 6.07) is 8.86. The Morgan fingerprint density at radius 2 is 2.05 bits per heavy atom. The maximum Gasteiger partial charge on any atom is 0.338 e. The van der Waals surface area contributed by atoms with Crippen molar-refractivity contribution in [2.24, 2.45) is 0 Å². The maximum absolute atomic E-state index is 12.0. The average molecular weight is 257 g/mol. The van der Waals surface area contributed by atoms with E-state index in [1.165, 1.54) is 0 Å². The number of amides is 1. The molecule has 2 heterocycles. The first-order valence-electron chi connectivity index (χ1n) is 6.48. The average Bonchev–Trinajstić information content (AvgIpc) is 2.93. The topological polar surface area (TPSA) is 46.6 Å². The van der Waals surface area contributed by atoms with Gasteiger partial charge in [0.05, 0.1) is 11.6 Å². The van der Waals surface area contributed by atoms with Crippen LogP contribution in [0.1, 0.15) is 23.2 Å². The highest BCUT2D eigenvalue weighted by Crippen LogP contribution is 2.26. The van der Waals surface area contributed by atoms with Crippen LogP contribution in [0, 0.1) is 0 Å². The zero-order valence-corrected chi connectivity index (χ0v) is 10.5. The van der Waals surface area contributed by atoms with Gasteiger partial charge in [-0.25, -0.2) is 4.79 Å². The quantitative estimate of drug-likeness (QED) is 0.599. The maximum atomic E-state index is 12.0. The predicted molar refractivity (Wildman–Crippen MR) is 69.5 cm³/mol. The third kappa shape index (κ3) is 2.26. The predicted octanol–water partition coefficient (Wildman–Crippen LogP) is 1.77. The number of ether oxygens (including phenoxy) is 1. The van der Waals surface area contributed by atoms with Crippen LogP contribution in [0.4, 0.5) is 0 Å². The molecule has 2 aliphatic rings. The molecule has 1 fully saturated rings. The van der Waals surface area contributed by atoms with Gasteiger partial charge in [0.25, 0.3) is 0 Å². The van der Waals surface area contributed by atoms with Crippen LogP contribution in [0.3, 0.4) is 0 Å². The van der Waals surface area contributed by atoms with Gasteiger partial charge < -0.3 is 9.64 Å². The lowest BCUT2D eigenvalue weighted by atomic mass is 10.00. The fourth-order valence-corrected chi connectivity index (χ4v) is 2.62. The highest BCUT2D eigenvalue weighted by atomic mass is 16.5. The highest BCUT2D eigenvalue weighted by Gasteiger charge is 2.38. The van der Waals surface area contributed by atoms with Crippen molar-refractivity contribution >= 4 is 11.9 Å². The first-order chi connectivity index (χ1) is 9.25. The van der Waals surface area contributed by atoms with Gasteiger partial charge in [0, 0.05) is 13.0 Å². The van der Waals surface area contributed by atoms with Crippen molar-refractivity contribution < 1.29 is 14.3 Å². The molecule has 4 heteroatoms. The minimum absolute atomic E-state index is 0.0890. The molecule has 0 N–H and O–H groups in total. The SMILES string of the molecule is O=C(O[C@H]1CCC(=O)N2CC=C[C@H]12)c1ccccc1. The molecule has 0 radical (unpaired) electrons. The van der Waals surface area contributed by atoms with Gasteiger partial charge in [-0.15, -0.1) is 0 Å². The van der Waals surface area contributed by atoms with Crippen molar-refractivity contribution in [3.63, 3.8) is 0 Å². The molecule has 1 amide bonds. The lowest BCUT2D eigenvalue weighted by molar-refractivity contribution is -0.138. The number of hydrogen-bond acceptors (Lipinski definition) is 3. The lowest BCUT2D eigenvalue weighted by Gasteiger charge is -2.35. The van der Waals surface area contributed by atoms with Crippen molar-refractivity contribution in [1.29, 1.82) is 0 Å². The first-order valence-corrected chi connectivity index (χ1v) is 6.48. The monoisotopic (exact) mass is 257 g/mol. The molecule has 0 saturated carbocycles. The fourth-order valence-electron chi connectivity index (χ4n) is 2.62. The zero-order chi connectivity index (χ0) is 13.2. The number of hydrogen-bond donors (Lipinski definition) is 0. The summed E-state index contributed by atoms with van der Waals surface area (Å²) in [5, 5.41) is 0. The summed E-state index contributed by atoms with van der Waals surface area (Å²) in [4.78, 5) is 25.5. The molecule has 4 nitrogen and oxygen atoms in total. The second-order valence-corrected chi connectivity index (χ2v) is 4.81. The van der Waals surface area contributed by atoms with Crippen LogP contribution in [0.25, 0.3) is 0 Å². The molecule has 98 valence electrons. The first kappa shape index (κ1) is 12.0. The number of carbonyl (C=O) groups excluding carboxylic acids is 2. The number of piperidine rings is 1. The van der Waals surface area contributed by atoms with Gasteiger partial charge in [0.1, 0.15) is 6.10 Å². The van der Waals surface area contributed by atoms with Gasteiger partial charge in [0.2, 0.25) is 5.91 Å². The summed E-state index contributed by atoms with van der Waals surface area (Å²) in [7, 11) is 0. The summed E-state index contributed by atoms with van der Waals surface area (Å²) >= 11 is 0. The number of rotatable bonds is 2. The molecular weight excluding hydrogens is 242 g/mol. The molecule has 0 bridgehead atoms. The Balaban J connectivity index is 1.71. The molecule has 2 aliphatic heterocycles. The van der Waals surface area contributed by atoms with Gasteiger partial charge >= 0.3 is 5.97 Å². The molecule has 19 heavy (non-hydrogen) atoms. The Hall–Kier alpha value is -2.10. The molecule has 0 aromatic heterocycles. The molecule has 2 atom stereocenters. The van der Waals surface area contributed by atoms with E-state index in [2.05, 4.69) is 0 Å². The number of nitrogens with zero attached hydrogens (tertiary/aromatic N) is 1. The second kappa shape index (κ2) is 4.88. The minimum Gasteiger partial charge on any atom is -0.456 e. The van der Waals surface area contributed by atoms with E-state index in [9.17, 15) is 9.59 Å². The Morgan fingerprint density at radius 3 is 2.84 bits per heavy atom. The molecule has 1 aromatic rings. The van der Waals surface area contributed by atoms with E-state index >= 15 is 0 Å². The fraction of sp³-hybridized carbons (Fsp3) is 0.333. The number of benzene rings is 1. The van der Waals surface area contributed by atoms with Crippen molar-refractivity contribution in [2.45, 2.75) is 25.0 Å². The summed E-state index contributed by atoms with van der Waals surface area (Å²) in [6.45, 7) is 0.628. The normalized spacial score (nSPS) is 25.3. The Bertz CT molecular complexity index is 523. The Morgan fingerprint density at radius 1 is 1.26 bits per heavy atom. The number of carbonyl (C=O) groups is 2. The molecule has 1 saturated heterocycles. The molecule has 0 unspecified atom stereocenters. The molecule has 0 spiro atoms. The summed E-state index contributed by atoms with van der Waals surface area (Å²) in [5.41, 5.74) is 0.549. The number of fused-ring (bicyclic) bond motifs is 1. The Kier molecular flexibility index (Phi) is 3.07. The van der Waals surface area contributed by atoms with Crippen molar-refractivity contribution in [2.75, 3.05) is 6.54 Å². The van der Waals surface area contributed by atoms with Gasteiger partial charge in [-0.3, -0.25) is 4.79 Å². The number of esters is 1. The molecule has 3 rings (SSSR count). The van der Waals surface area contributed by atoms with E-state index < -0.39 is 0 Å². The Labute approximate surface area is 111 Å². The second-order valence-electron chi connectivity index (χ2n) is 4.81. The highest BCUT2D eigenvalue weighted by molar-refractivity contribution is 5.89. The molecular formula is C15H15NO3. The third-order valence-corrected chi connectivity index (χ3v) is 3.61.